The Kier molecular flexibility index (Phi) is 5.84. The molecule has 7 N–H and O–H groups in total. The van der Waals surface area contributed by atoms with Crippen molar-refractivity contribution in [1.82, 2.24) is 15.5 Å². The summed E-state index contributed by atoms with van der Waals surface area (Å²) in [5, 5.41) is 31.0. The maximum atomic E-state index is 12.9. The molecule has 9 nitrogen and oxygen atoms in total. The minimum absolute atomic E-state index is 0.0998. The number of hydrogen-bond donors (Lipinski definition) is 6. The standard InChI is InChI=1S/C19H28ClN5O4/c1-19(28)13(26)18(25-6-5-12-15(20)22-9-23-16(12)25)29-14(19)17(27)24-11-4-2-3-10(7-11)8-21/h2-4,7,12-16,18,22-23,26,28H,5-6,8-9,21H2,1H3,(H,24,27)/t12?,13-,14+,15?,16?,18+,19-/m0/s1. The third-order valence-electron chi connectivity index (χ3n) is 6.14. The number of nitrogens with one attached hydrogen (secondary N) is 3. The van der Waals surface area contributed by atoms with E-state index in [-0.39, 0.29) is 17.6 Å². The lowest BCUT2D eigenvalue weighted by molar-refractivity contribution is -0.141. The van der Waals surface area contributed by atoms with Crippen LogP contribution in [0.1, 0.15) is 18.9 Å². The number of aliphatic hydroxyl groups excluding tert-OH is 1. The Morgan fingerprint density at radius 3 is 3.03 bits per heavy atom. The summed E-state index contributed by atoms with van der Waals surface area (Å²) in [6.07, 6.45) is -2.58. The number of ether oxygens (including phenoxy) is 1. The van der Waals surface area contributed by atoms with Crippen LogP contribution in [0.3, 0.4) is 0 Å². The monoisotopic (exact) mass is 425 g/mol. The van der Waals surface area contributed by atoms with Crippen LogP contribution in [0, 0.1) is 5.92 Å². The summed E-state index contributed by atoms with van der Waals surface area (Å²) in [6.45, 7) is 2.94. The predicted molar refractivity (Wildman–Crippen MR) is 108 cm³/mol. The van der Waals surface area contributed by atoms with Crippen LogP contribution in [0.15, 0.2) is 24.3 Å². The molecule has 0 radical (unpaired) electrons. The van der Waals surface area contributed by atoms with Crippen molar-refractivity contribution in [3.05, 3.63) is 29.8 Å². The summed E-state index contributed by atoms with van der Waals surface area (Å²) in [5.41, 5.74) is 5.15. The summed E-state index contributed by atoms with van der Waals surface area (Å²) in [5.74, 6) is -0.381. The van der Waals surface area contributed by atoms with Gasteiger partial charge in [0.05, 0.1) is 11.7 Å². The second-order valence-electron chi connectivity index (χ2n) is 8.09. The molecule has 3 aliphatic heterocycles. The van der Waals surface area contributed by atoms with Crippen LogP contribution in [0.4, 0.5) is 5.69 Å². The number of carbonyl (C=O) groups is 1. The Balaban J connectivity index is 1.50. The first kappa shape index (κ1) is 21.0. The molecule has 3 aliphatic rings. The molecule has 29 heavy (non-hydrogen) atoms. The van der Waals surface area contributed by atoms with Crippen molar-refractivity contribution in [2.75, 3.05) is 18.5 Å². The minimum atomic E-state index is -1.74. The maximum Gasteiger partial charge on any atom is 0.256 e. The lowest BCUT2D eigenvalue weighted by atomic mass is 9.93. The van der Waals surface area contributed by atoms with E-state index in [0.717, 1.165) is 12.0 Å². The molecule has 3 saturated heterocycles. The second-order valence-corrected chi connectivity index (χ2v) is 8.56. The molecule has 1 aromatic rings. The summed E-state index contributed by atoms with van der Waals surface area (Å²) < 4.78 is 5.93. The van der Waals surface area contributed by atoms with Gasteiger partial charge in [0.2, 0.25) is 0 Å². The van der Waals surface area contributed by atoms with Crippen LogP contribution >= 0.6 is 11.6 Å². The number of aliphatic hydroxyl groups is 2. The number of likely N-dealkylation sites (tertiary alicyclic amines) is 1. The van der Waals surface area contributed by atoms with Crippen LogP contribution in [-0.2, 0) is 16.1 Å². The van der Waals surface area contributed by atoms with Crippen molar-refractivity contribution in [3.63, 3.8) is 0 Å². The molecule has 10 heteroatoms. The average Bonchev–Trinajstić information content (AvgIpc) is 3.22. The van der Waals surface area contributed by atoms with Gasteiger partial charge in [-0.15, -0.1) is 11.6 Å². The van der Waals surface area contributed by atoms with Crippen molar-refractivity contribution < 1.29 is 19.7 Å². The van der Waals surface area contributed by atoms with Gasteiger partial charge in [-0.1, -0.05) is 12.1 Å². The fraction of sp³-hybridized carbons (Fsp3) is 0.632. The fourth-order valence-corrected chi connectivity index (χ4v) is 4.82. The zero-order chi connectivity index (χ0) is 20.8. The van der Waals surface area contributed by atoms with E-state index in [9.17, 15) is 15.0 Å². The van der Waals surface area contributed by atoms with Crippen LogP contribution in [-0.4, -0.2) is 69.9 Å². The van der Waals surface area contributed by atoms with Gasteiger partial charge in [-0.05, 0) is 31.0 Å². The van der Waals surface area contributed by atoms with Gasteiger partial charge in [0.1, 0.15) is 17.9 Å². The Bertz CT molecular complexity index is 766. The van der Waals surface area contributed by atoms with Gasteiger partial charge in [0.25, 0.3) is 5.91 Å². The number of alkyl halides is 1. The van der Waals surface area contributed by atoms with Crippen LogP contribution in [0.25, 0.3) is 0 Å². The van der Waals surface area contributed by atoms with Crippen LogP contribution in [0.5, 0.6) is 0 Å². The molecule has 3 unspecified atom stereocenters. The molecule has 4 rings (SSSR count). The lowest BCUT2D eigenvalue weighted by Gasteiger charge is -2.39. The summed E-state index contributed by atoms with van der Waals surface area (Å²) >= 11 is 6.37. The average molecular weight is 426 g/mol. The highest BCUT2D eigenvalue weighted by atomic mass is 35.5. The van der Waals surface area contributed by atoms with Gasteiger partial charge < -0.3 is 26.0 Å². The topological polar surface area (TPSA) is 132 Å². The highest BCUT2D eigenvalue weighted by molar-refractivity contribution is 6.20. The Morgan fingerprint density at radius 2 is 2.28 bits per heavy atom. The summed E-state index contributed by atoms with van der Waals surface area (Å²) in [7, 11) is 0. The molecule has 0 aliphatic carbocycles. The van der Waals surface area contributed by atoms with Gasteiger partial charge in [-0.3, -0.25) is 20.3 Å². The number of hydrogen-bond acceptors (Lipinski definition) is 8. The Hall–Kier alpha value is -1.30. The predicted octanol–water partition coefficient (Wildman–Crippen LogP) is -0.716. The first-order chi connectivity index (χ1) is 13.8. The third kappa shape index (κ3) is 3.77. The van der Waals surface area contributed by atoms with Gasteiger partial charge in [0, 0.05) is 31.4 Å². The zero-order valence-electron chi connectivity index (χ0n) is 16.2. The minimum Gasteiger partial charge on any atom is -0.386 e. The van der Waals surface area contributed by atoms with E-state index in [4.69, 9.17) is 22.1 Å². The van der Waals surface area contributed by atoms with Crippen molar-refractivity contribution >= 4 is 23.2 Å². The van der Waals surface area contributed by atoms with Gasteiger partial charge in [-0.2, -0.15) is 0 Å². The molecule has 0 bridgehead atoms. The number of benzene rings is 1. The molecule has 1 aromatic carbocycles. The number of amides is 1. The van der Waals surface area contributed by atoms with E-state index in [1.807, 2.05) is 11.0 Å². The second kappa shape index (κ2) is 8.09. The van der Waals surface area contributed by atoms with E-state index in [1.54, 1.807) is 18.2 Å². The molecule has 7 atom stereocenters. The van der Waals surface area contributed by atoms with Gasteiger partial charge in [-0.25, -0.2) is 0 Å². The quantitative estimate of drug-likeness (QED) is 0.275. The molecule has 3 heterocycles. The molecule has 0 spiro atoms. The largest absolute Gasteiger partial charge is 0.386 e. The number of anilines is 1. The smallest absolute Gasteiger partial charge is 0.256 e. The van der Waals surface area contributed by atoms with Crippen LogP contribution in [0.2, 0.25) is 0 Å². The van der Waals surface area contributed by atoms with Crippen molar-refractivity contribution in [2.45, 2.75) is 55.6 Å². The lowest BCUT2D eigenvalue weighted by Crippen LogP contribution is -2.61. The first-order valence-electron chi connectivity index (χ1n) is 9.85. The third-order valence-corrected chi connectivity index (χ3v) is 6.62. The van der Waals surface area contributed by atoms with Crippen molar-refractivity contribution in [3.8, 4) is 0 Å². The maximum absolute atomic E-state index is 12.9. The number of nitrogens with zero attached hydrogens (tertiary/aromatic N) is 1. The van der Waals surface area contributed by atoms with E-state index in [1.165, 1.54) is 6.92 Å². The van der Waals surface area contributed by atoms with Crippen molar-refractivity contribution in [1.29, 1.82) is 0 Å². The Morgan fingerprint density at radius 1 is 1.48 bits per heavy atom. The molecule has 0 saturated carbocycles. The number of nitrogens with two attached hydrogens (primary N) is 1. The zero-order valence-corrected chi connectivity index (χ0v) is 17.0. The fourth-order valence-electron chi connectivity index (χ4n) is 4.48. The summed E-state index contributed by atoms with van der Waals surface area (Å²) in [6, 6.07) is 7.15. The van der Waals surface area contributed by atoms with Gasteiger partial charge >= 0.3 is 0 Å². The van der Waals surface area contributed by atoms with E-state index in [2.05, 4.69) is 16.0 Å². The van der Waals surface area contributed by atoms with E-state index in [0.29, 0.717) is 25.4 Å². The van der Waals surface area contributed by atoms with Gasteiger partial charge in [0.15, 0.2) is 6.10 Å². The highest BCUT2D eigenvalue weighted by Crippen LogP contribution is 2.39. The molecular weight excluding hydrogens is 398 g/mol. The SMILES string of the molecule is C[C@@]1(O)[C@@H](C(=O)Nc2cccc(CN)c2)O[C@@H](N2CCC3C(Cl)NCNC32)[C@@H]1O. The molecule has 1 amide bonds. The number of fused-ring (bicyclic) bond motifs is 1. The molecule has 0 aromatic heterocycles. The molecular formula is C19H28ClN5O4. The summed E-state index contributed by atoms with van der Waals surface area (Å²) in [4.78, 5) is 14.8. The van der Waals surface area contributed by atoms with E-state index < -0.39 is 29.9 Å². The normalized spacial score (nSPS) is 40.0. The van der Waals surface area contributed by atoms with E-state index >= 15 is 0 Å². The number of carbonyl (C=O) groups excluding carboxylic acids is 1. The molecule has 160 valence electrons. The van der Waals surface area contributed by atoms with Crippen molar-refractivity contribution in [2.24, 2.45) is 11.7 Å². The number of halogens is 1. The van der Waals surface area contributed by atoms with Crippen LogP contribution < -0.4 is 21.7 Å². The highest BCUT2D eigenvalue weighted by Gasteiger charge is 2.59. The Labute approximate surface area is 174 Å². The number of rotatable bonds is 4. The first-order valence-corrected chi connectivity index (χ1v) is 10.3. The molecule has 3 fully saturated rings.